The Balaban J connectivity index is 1.64. The van der Waals surface area contributed by atoms with E-state index in [1.165, 1.54) is 17.6 Å². The first-order chi connectivity index (χ1) is 10.7. The number of piperazine rings is 1. The van der Waals surface area contributed by atoms with Crippen LogP contribution in [0.15, 0.2) is 16.7 Å². The third kappa shape index (κ3) is 3.36. The number of pyridine rings is 1. The van der Waals surface area contributed by atoms with Gasteiger partial charge in [0.1, 0.15) is 6.61 Å². The summed E-state index contributed by atoms with van der Waals surface area (Å²) in [6, 6.07) is 1.44. The molecule has 0 N–H and O–H groups in total. The summed E-state index contributed by atoms with van der Waals surface area (Å²) in [6.45, 7) is 3.34. The highest BCUT2D eigenvalue weighted by atomic mass is 79.9. The number of nitrogens with zero attached hydrogens (tertiary/aromatic N) is 5. The van der Waals surface area contributed by atoms with Gasteiger partial charge in [-0.05, 0) is 22.0 Å². The summed E-state index contributed by atoms with van der Waals surface area (Å²) in [5.74, 6) is 0.798. The van der Waals surface area contributed by atoms with Gasteiger partial charge in [0.2, 0.25) is 5.13 Å². The van der Waals surface area contributed by atoms with E-state index in [4.69, 9.17) is 4.74 Å². The molecule has 1 saturated heterocycles. The van der Waals surface area contributed by atoms with Gasteiger partial charge in [-0.15, -0.1) is 0 Å². The highest BCUT2D eigenvalue weighted by Crippen LogP contribution is 2.24. The molecule has 0 unspecified atom stereocenters. The second kappa shape index (κ2) is 6.84. The molecule has 0 saturated carbocycles. The van der Waals surface area contributed by atoms with Gasteiger partial charge in [0.25, 0.3) is 0 Å². The molecule has 22 heavy (non-hydrogen) atoms. The van der Waals surface area contributed by atoms with Crippen LogP contribution in [0.3, 0.4) is 0 Å². The lowest BCUT2D eigenvalue weighted by atomic mass is 10.3. The van der Waals surface area contributed by atoms with Crippen LogP contribution in [0, 0.1) is 5.82 Å². The average molecular weight is 388 g/mol. The molecular weight excluding hydrogens is 373 g/mol. The van der Waals surface area contributed by atoms with Crippen molar-refractivity contribution in [3.05, 3.63) is 28.4 Å². The Kier molecular flexibility index (Phi) is 4.84. The van der Waals surface area contributed by atoms with Crippen molar-refractivity contribution in [2.45, 2.75) is 6.61 Å². The van der Waals surface area contributed by atoms with E-state index >= 15 is 0 Å². The zero-order valence-corrected chi connectivity index (χ0v) is 14.4. The largest absolute Gasteiger partial charge is 0.377 e. The van der Waals surface area contributed by atoms with Crippen LogP contribution >= 0.6 is 27.5 Å². The molecule has 0 atom stereocenters. The summed E-state index contributed by atoms with van der Waals surface area (Å²) in [6.07, 6.45) is 1.62. The van der Waals surface area contributed by atoms with Crippen LogP contribution in [-0.4, -0.2) is 47.6 Å². The Morgan fingerprint density at radius 2 is 2.05 bits per heavy atom. The quantitative estimate of drug-likeness (QED) is 0.802. The number of hydrogen-bond donors (Lipinski definition) is 0. The van der Waals surface area contributed by atoms with Gasteiger partial charge in [-0.1, -0.05) is 0 Å². The van der Waals surface area contributed by atoms with E-state index < -0.39 is 0 Å². The molecule has 2 aromatic rings. The third-order valence-corrected chi connectivity index (χ3v) is 4.62. The van der Waals surface area contributed by atoms with E-state index in [0.29, 0.717) is 35.8 Å². The van der Waals surface area contributed by atoms with Gasteiger partial charge >= 0.3 is 0 Å². The molecule has 1 aliphatic rings. The van der Waals surface area contributed by atoms with Crippen LogP contribution in [0.5, 0.6) is 0 Å². The molecule has 6 nitrogen and oxygen atoms in total. The molecule has 1 fully saturated rings. The molecule has 0 radical (unpaired) electrons. The minimum atomic E-state index is -0.305. The van der Waals surface area contributed by atoms with Gasteiger partial charge in [0.15, 0.2) is 17.5 Å². The highest BCUT2D eigenvalue weighted by molar-refractivity contribution is 9.10. The topological polar surface area (TPSA) is 54.4 Å². The Morgan fingerprint density at radius 1 is 1.32 bits per heavy atom. The van der Waals surface area contributed by atoms with Crippen LogP contribution in [0.1, 0.15) is 5.82 Å². The van der Waals surface area contributed by atoms with Gasteiger partial charge in [0.05, 0.1) is 0 Å². The standard InChI is InChI=1S/C13H15BrFN5OS/c1-21-8-11-17-13(22-18-11)20-4-2-19(3-5-20)12-10(15)6-9(14)7-16-12/h6-7H,2-5,8H2,1H3. The van der Waals surface area contributed by atoms with E-state index in [1.807, 2.05) is 4.90 Å². The molecule has 0 aliphatic carbocycles. The fourth-order valence-electron chi connectivity index (χ4n) is 2.31. The summed E-state index contributed by atoms with van der Waals surface area (Å²) >= 11 is 4.59. The molecule has 0 amide bonds. The predicted octanol–water partition coefficient (Wildman–Crippen LogP) is 2.31. The highest BCUT2D eigenvalue weighted by Gasteiger charge is 2.22. The van der Waals surface area contributed by atoms with E-state index in [1.54, 1.807) is 13.3 Å². The number of halogens is 2. The maximum absolute atomic E-state index is 14.0. The average Bonchev–Trinajstić information content (AvgIpc) is 2.97. The minimum Gasteiger partial charge on any atom is -0.377 e. The number of methoxy groups -OCH3 is 1. The molecule has 2 aromatic heterocycles. The van der Waals surface area contributed by atoms with Crippen molar-refractivity contribution in [2.24, 2.45) is 0 Å². The monoisotopic (exact) mass is 387 g/mol. The molecule has 118 valence electrons. The zero-order valence-electron chi connectivity index (χ0n) is 12.0. The number of anilines is 2. The lowest BCUT2D eigenvalue weighted by molar-refractivity contribution is 0.179. The first-order valence-electron chi connectivity index (χ1n) is 6.80. The Morgan fingerprint density at radius 3 is 2.73 bits per heavy atom. The Labute approximate surface area is 140 Å². The second-order valence-corrected chi connectivity index (χ2v) is 6.51. The predicted molar refractivity (Wildman–Crippen MR) is 86.9 cm³/mol. The molecule has 3 heterocycles. The molecule has 1 aliphatic heterocycles. The van der Waals surface area contributed by atoms with E-state index in [2.05, 4.69) is 35.2 Å². The van der Waals surface area contributed by atoms with Crippen LogP contribution < -0.4 is 9.80 Å². The summed E-state index contributed by atoms with van der Waals surface area (Å²) in [5, 5.41) is 0.885. The normalized spacial score (nSPS) is 15.4. The summed E-state index contributed by atoms with van der Waals surface area (Å²) in [5.41, 5.74) is 0. The van der Waals surface area contributed by atoms with Gasteiger partial charge in [0, 0.05) is 55.5 Å². The van der Waals surface area contributed by atoms with Gasteiger partial charge in [-0.2, -0.15) is 4.37 Å². The first kappa shape index (κ1) is 15.6. The van der Waals surface area contributed by atoms with Crippen molar-refractivity contribution < 1.29 is 9.13 Å². The SMILES string of the molecule is COCc1nsc(N2CCN(c3ncc(Br)cc3F)CC2)n1. The van der Waals surface area contributed by atoms with Gasteiger partial charge in [-0.3, -0.25) is 0 Å². The van der Waals surface area contributed by atoms with Crippen LogP contribution in [0.25, 0.3) is 0 Å². The van der Waals surface area contributed by atoms with E-state index in [-0.39, 0.29) is 5.82 Å². The number of hydrogen-bond acceptors (Lipinski definition) is 7. The van der Waals surface area contributed by atoms with Crippen LogP contribution in [-0.2, 0) is 11.3 Å². The van der Waals surface area contributed by atoms with Crippen LogP contribution in [0.2, 0.25) is 0 Å². The minimum absolute atomic E-state index is 0.305. The van der Waals surface area contributed by atoms with Crippen LogP contribution in [0.4, 0.5) is 15.3 Å². The summed E-state index contributed by atoms with van der Waals surface area (Å²) in [7, 11) is 1.62. The molecule has 0 bridgehead atoms. The Bertz CT molecular complexity index is 647. The van der Waals surface area contributed by atoms with Crippen molar-refractivity contribution in [1.82, 2.24) is 14.3 Å². The maximum Gasteiger partial charge on any atom is 0.205 e. The fraction of sp³-hybridized carbons (Fsp3) is 0.462. The summed E-state index contributed by atoms with van der Waals surface area (Å²) in [4.78, 5) is 12.7. The van der Waals surface area contributed by atoms with Crippen molar-refractivity contribution in [2.75, 3.05) is 43.1 Å². The van der Waals surface area contributed by atoms with E-state index in [0.717, 1.165) is 18.2 Å². The first-order valence-corrected chi connectivity index (χ1v) is 8.36. The molecule has 0 aromatic carbocycles. The molecule has 3 rings (SSSR count). The number of rotatable bonds is 4. The van der Waals surface area contributed by atoms with Crippen molar-refractivity contribution in [3.8, 4) is 0 Å². The van der Waals surface area contributed by atoms with Gasteiger partial charge in [-0.25, -0.2) is 14.4 Å². The maximum atomic E-state index is 14.0. The lowest BCUT2D eigenvalue weighted by Gasteiger charge is -2.35. The summed E-state index contributed by atoms with van der Waals surface area (Å²) < 4.78 is 23.9. The van der Waals surface area contributed by atoms with E-state index in [9.17, 15) is 4.39 Å². The molecule has 9 heteroatoms. The number of aromatic nitrogens is 3. The second-order valence-electron chi connectivity index (χ2n) is 4.86. The fourth-order valence-corrected chi connectivity index (χ4v) is 3.34. The molecule has 0 spiro atoms. The third-order valence-electron chi connectivity index (χ3n) is 3.37. The van der Waals surface area contributed by atoms with Crippen molar-refractivity contribution >= 4 is 38.4 Å². The lowest BCUT2D eigenvalue weighted by Crippen LogP contribution is -2.47. The Hall–Kier alpha value is -1.32. The smallest absolute Gasteiger partial charge is 0.205 e. The number of ether oxygens (including phenoxy) is 1. The van der Waals surface area contributed by atoms with Crippen molar-refractivity contribution in [1.29, 1.82) is 0 Å². The van der Waals surface area contributed by atoms with Crippen molar-refractivity contribution in [3.63, 3.8) is 0 Å². The van der Waals surface area contributed by atoms with Gasteiger partial charge < -0.3 is 14.5 Å². The molecular formula is C13H15BrFN5OS. The zero-order chi connectivity index (χ0) is 15.5.